The van der Waals surface area contributed by atoms with Crippen LogP contribution in [0.2, 0.25) is 0 Å². The predicted molar refractivity (Wildman–Crippen MR) is 79.4 cm³/mol. The standard InChI is InChI=1S/C16H21N3O/c1-5-14-16(15(20)6-2)17-18-19(14)13-9-7-8-12(10-13)11(3)4/h7-11H,5-6H2,1-4H3. The van der Waals surface area contributed by atoms with E-state index in [-0.39, 0.29) is 5.78 Å². The molecule has 0 radical (unpaired) electrons. The number of benzene rings is 1. The first kappa shape index (κ1) is 14.4. The van der Waals surface area contributed by atoms with Crippen LogP contribution in [0.15, 0.2) is 24.3 Å². The van der Waals surface area contributed by atoms with Gasteiger partial charge in [-0.15, -0.1) is 5.10 Å². The van der Waals surface area contributed by atoms with E-state index in [4.69, 9.17) is 0 Å². The summed E-state index contributed by atoms with van der Waals surface area (Å²) in [4.78, 5) is 11.9. The average molecular weight is 271 g/mol. The Morgan fingerprint density at radius 3 is 2.65 bits per heavy atom. The smallest absolute Gasteiger partial charge is 0.184 e. The van der Waals surface area contributed by atoms with Gasteiger partial charge in [-0.25, -0.2) is 4.68 Å². The molecule has 1 aromatic carbocycles. The minimum atomic E-state index is 0.0492. The van der Waals surface area contributed by atoms with Gasteiger partial charge in [-0.1, -0.05) is 45.0 Å². The van der Waals surface area contributed by atoms with Gasteiger partial charge in [-0.2, -0.15) is 0 Å². The third-order valence-electron chi connectivity index (χ3n) is 3.46. The molecule has 0 aliphatic carbocycles. The maximum Gasteiger partial charge on any atom is 0.184 e. The minimum absolute atomic E-state index is 0.0492. The average Bonchev–Trinajstić information content (AvgIpc) is 2.90. The lowest BCUT2D eigenvalue weighted by Crippen LogP contribution is -2.06. The van der Waals surface area contributed by atoms with Gasteiger partial charge in [-0.05, 0) is 30.0 Å². The van der Waals surface area contributed by atoms with Crippen molar-refractivity contribution in [2.45, 2.75) is 46.5 Å². The van der Waals surface area contributed by atoms with Gasteiger partial charge in [0.1, 0.15) is 0 Å². The summed E-state index contributed by atoms with van der Waals surface area (Å²) in [6.45, 7) is 8.19. The van der Waals surface area contributed by atoms with Crippen molar-refractivity contribution in [2.24, 2.45) is 0 Å². The molecule has 0 unspecified atom stereocenters. The molecule has 1 aromatic heterocycles. The Bertz CT molecular complexity index is 614. The number of hydrogen-bond acceptors (Lipinski definition) is 3. The maximum atomic E-state index is 11.9. The van der Waals surface area contributed by atoms with E-state index >= 15 is 0 Å². The van der Waals surface area contributed by atoms with Gasteiger partial charge in [0.2, 0.25) is 0 Å². The summed E-state index contributed by atoms with van der Waals surface area (Å²) >= 11 is 0. The van der Waals surface area contributed by atoms with E-state index in [1.165, 1.54) is 5.56 Å². The second-order valence-electron chi connectivity index (χ2n) is 5.18. The van der Waals surface area contributed by atoms with Gasteiger partial charge in [0.05, 0.1) is 11.4 Å². The fraction of sp³-hybridized carbons (Fsp3) is 0.438. The van der Waals surface area contributed by atoms with E-state index in [0.29, 0.717) is 18.0 Å². The fourth-order valence-corrected chi connectivity index (χ4v) is 2.23. The molecule has 0 saturated carbocycles. The highest BCUT2D eigenvalue weighted by Crippen LogP contribution is 2.20. The second-order valence-corrected chi connectivity index (χ2v) is 5.18. The van der Waals surface area contributed by atoms with Gasteiger partial charge in [0, 0.05) is 6.42 Å². The van der Waals surface area contributed by atoms with Crippen LogP contribution in [0.3, 0.4) is 0 Å². The van der Waals surface area contributed by atoms with E-state index in [9.17, 15) is 4.79 Å². The largest absolute Gasteiger partial charge is 0.292 e. The summed E-state index contributed by atoms with van der Waals surface area (Å²) in [5, 5.41) is 8.24. The Balaban J connectivity index is 2.50. The third-order valence-corrected chi connectivity index (χ3v) is 3.46. The number of rotatable bonds is 5. The molecule has 0 saturated heterocycles. The molecule has 0 spiro atoms. The van der Waals surface area contributed by atoms with Crippen molar-refractivity contribution in [2.75, 3.05) is 0 Å². The molecule has 4 heteroatoms. The fourth-order valence-electron chi connectivity index (χ4n) is 2.23. The van der Waals surface area contributed by atoms with Crippen LogP contribution in [0, 0.1) is 0 Å². The maximum absolute atomic E-state index is 11.9. The minimum Gasteiger partial charge on any atom is -0.292 e. The molecule has 0 amide bonds. The molecule has 0 bridgehead atoms. The molecule has 4 nitrogen and oxygen atoms in total. The van der Waals surface area contributed by atoms with E-state index in [0.717, 1.165) is 17.8 Å². The lowest BCUT2D eigenvalue weighted by Gasteiger charge is -2.10. The number of carbonyl (C=O) groups excluding carboxylic acids is 1. The van der Waals surface area contributed by atoms with Crippen molar-refractivity contribution < 1.29 is 4.79 Å². The van der Waals surface area contributed by atoms with Gasteiger partial charge < -0.3 is 0 Å². The Morgan fingerprint density at radius 2 is 2.05 bits per heavy atom. The molecule has 0 aliphatic heterocycles. The first-order valence-electron chi connectivity index (χ1n) is 7.16. The summed E-state index contributed by atoms with van der Waals surface area (Å²) in [6, 6.07) is 8.24. The van der Waals surface area contributed by atoms with Gasteiger partial charge >= 0.3 is 0 Å². The second kappa shape index (κ2) is 5.99. The SMILES string of the molecule is CCC(=O)c1nnn(-c2cccc(C(C)C)c2)c1CC. The van der Waals surface area contributed by atoms with E-state index in [1.54, 1.807) is 4.68 Å². The highest BCUT2D eigenvalue weighted by Gasteiger charge is 2.18. The third kappa shape index (κ3) is 2.64. The molecule has 2 aromatic rings. The van der Waals surface area contributed by atoms with Crippen LogP contribution in [-0.4, -0.2) is 20.8 Å². The summed E-state index contributed by atoms with van der Waals surface area (Å²) in [5.41, 5.74) is 3.61. The summed E-state index contributed by atoms with van der Waals surface area (Å²) < 4.78 is 1.79. The molecule has 1 heterocycles. The van der Waals surface area contributed by atoms with Crippen molar-refractivity contribution in [3.05, 3.63) is 41.2 Å². The molecule has 0 N–H and O–H groups in total. The quantitative estimate of drug-likeness (QED) is 0.781. The van der Waals surface area contributed by atoms with Crippen molar-refractivity contribution in [1.29, 1.82) is 0 Å². The van der Waals surface area contributed by atoms with Crippen LogP contribution in [-0.2, 0) is 6.42 Å². The number of nitrogens with zero attached hydrogens (tertiary/aromatic N) is 3. The summed E-state index contributed by atoms with van der Waals surface area (Å²) in [5.74, 6) is 0.508. The number of aromatic nitrogens is 3. The zero-order valence-corrected chi connectivity index (χ0v) is 12.6. The molecular weight excluding hydrogens is 250 g/mol. The first-order chi connectivity index (χ1) is 9.58. The van der Waals surface area contributed by atoms with Crippen molar-refractivity contribution in [1.82, 2.24) is 15.0 Å². The molecule has 106 valence electrons. The zero-order chi connectivity index (χ0) is 14.7. The Morgan fingerprint density at radius 1 is 1.30 bits per heavy atom. The van der Waals surface area contributed by atoms with E-state index in [2.05, 4.69) is 36.3 Å². The van der Waals surface area contributed by atoms with Crippen LogP contribution in [0.1, 0.15) is 61.8 Å². The number of carbonyl (C=O) groups is 1. The molecule has 20 heavy (non-hydrogen) atoms. The van der Waals surface area contributed by atoms with Crippen LogP contribution < -0.4 is 0 Å². The van der Waals surface area contributed by atoms with Crippen LogP contribution in [0.5, 0.6) is 0 Å². The van der Waals surface area contributed by atoms with Crippen LogP contribution in [0.4, 0.5) is 0 Å². The zero-order valence-electron chi connectivity index (χ0n) is 12.6. The van der Waals surface area contributed by atoms with E-state index in [1.807, 2.05) is 26.0 Å². The molecule has 0 fully saturated rings. The Hall–Kier alpha value is -1.97. The number of ketones is 1. The van der Waals surface area contributed by atoms with Crippen LogP contribution >= 0.6 is 0 Å². The molecule has 2 rings (SSSR count). The van der Waals surface area contributed by atoms with Gasteiger partial charge in [0.25, 0.3) is 0 Å². The Labute approximate surface area is 119 Å². The van der Waals surface area contributed by atoms with Crippen molar-refractivity contribution >= 4 is 5.78 Å². The monoisotopic (exact) mass is 271 g/mol. The summed E-state index contributed by atoms with van der Waals surface area (Å²) in [7, 11) is 0. The lowest BCUT2D eigenvalue weighted by atomic mass is 10.0. The van der Waals surface area contributed by atoms with Gasteiger partial charge in [-0.3, -0.25) is 4.79 Å². The van der Waals surface area contributed by atoms with Crippen molar-refractivity contribution in [3.63, 3.8) is 0 Å². The normalized spacial score (nSPS) is 11.1. The Kier molecular flexibility index (Phi) is 4.32. The number of hydrogen-bond donors (Lipinski definition) is 0. The summed E-state index contributed by atoms with van der Waals surface area (Å²) in [6.07, 6.45) is 1.19. The molecule has 0 aliphatic rings. The lowest BCUT2D eigenvalue weighted by molar-refractivity contribution is 0.0982. The van der Waals surface area contributed by atoms with Crippen LogP contribution in [0.25, 0.3) is 5.69 Å². The predicted octanol–water partition coefficient (Wildman–Crippen LogP) is 3.55. The number of Topliss-reactive ketones (excluding diaryl/α,β-unsaturated/α-hetero) is 1. The highest BCUT2D eigenvalue weighted by atomic mass is 16.1. The van der Waals surface area contributed by atoms with Gasteiger partial charge in [0.15, 0.2) is 11.5 Å². The van der Waals surface area contributed by atoms with E-state index < -0.39 is 0 Å². The van der Waals surface area contributed by atoms with Crippen molar-refractivity contribution in [3.8, 4) is 5.69 Å². The highest BCUT2D eigenvalue weighted by molar-refractivity contribution is 5.95. The molecular formula is C16H21N3O. The topological polar surface area (TPSA) is 47.8 Å². The molecule has 0 atom stereocenters. The first-order valence-corrected chi connectivity index (χ1v) is 7.16.